The molecule has 2 heterocycles. The molecule has 0 radical (unpaired) electrons. The zero-order chi connectivity index (χ0) is 10.9. The molecular formula is C10H11N3OS. The zero-order valence-electron chi connectivity index (χ0n) is 8.54. The Morgan fingerprint density at radius 3 is 2.93 bits per heavy atom. The number of thiazole rings is 1. The lowest BCUT2D eigenvalue weighted by Crippen LogP contribution is -2.28. The Bertz CT molecular complexity index is 459. The lowest BCUT2D eigenvalue weighted by molar-refractivity contribution is -0.114. The highest BCUT2D eigenvalue weighted by Gasteiger charge is 2.20. The Kier molecular flexibility index (Phi) is 2.40. The average molecular weight is 221 g/mol. The van der Waals surface area contributed by atoms with Gasteiger partial charge >= 0.3 is 0 Å². The predicted octanol–water partition coefficient (Wildman–Crippen LogP) is 1.94. The van der Waals surface area contributed by atoms with E-state index < -0.39 is 5.54 Å². The molecule has 0 bridgehead atoms. The topological polar surface area (TPSA) is 47.8 Å². The van der Waals surface area contributed by atoms with Crippen LogP contribution in [-0.4, -0.2) is 21.1 Å². The minimum absolute atomic E-state index is 0.594. The Hall–Kier alpha value is -1.49. The fraction of sp³-hybridized carbons (Fsp3) is 0.300. The molecule has 0 aromatic carbocycles. The molecule has 15 heavy (non-hydrogen) atoms. The number of nitrogens with zero attached hydrogens (tertiary/aromatic N) is 3. The fourth-order valence-electron chi connectivity index (χ4n) is 1.17. The number of aldehydes is 1. The average Bonchev–Trinajstić information content (AvgIpc) is 2.88. The molecular weight excluding hydrogens is 210 g/mol. The molecule has 0 amide bonds. The van der Waals surface area contributed by atoms with E-state index in [1.54, 1.807) is 16.4 Å². The van der Waals surface area contributed by atoms with Crippen molar-refractivity contribution in [2.24, 2.45) is 0 Å². The highest BCUT2D eigenvalue weighted by molar-refractivity contribution is 7.13. The van der Waals surface area contributed by atoms with Gasteiger partial charge in [0.05, 0.1) is 10.4 Å². The van der Waals surface area contributed by atoms with Gasteiger partial charge < -0.3 is 4.79 Å². The number of carbonyl (C=O) groups is 1. The van der Waals surface area contributed by atoms with Crippen molar-refractivity contribution in [3.63, 3.8) is 0 Å². The van der Waals surface area contributed by atoms with Crippen molar-refractivity contribution in [2.45, 2.75) is 19.4 Å². The summed E-state index contributed by atoms with van der Waals surface area (Å²) in [6.45, 7) is 3.65. The fourth-order valence-corrected chi connectivity index (χ4v) is 1.76. The first kappa shape index (κ1) is 10.0. The van der Waals surface area contributed by atoms with Crippen LogP contribution in [0.1, 0.15) is 13.8 Å². The van der Waals surface area contributed by atoms with E-state index in [0.29, 0.717) is 0 Å². The molecule has 0 saturated heterocycles. The van der Waals surface area contributed by atoms with Gasteiger partial charge in [-0.15, -0.1) is 11.3 Å². The first-order chi connectivity index (χ1) is 7.13. The monoisotopic (exact) mass is 221 g/mol. The minimum Gasteiger partial charge on any atom is -0.301 e. The van der Waals surface area contributed by atoms with Gasteiger partial charge in [0.1, 0.15) is 17.5 Å². The second-order valence-corrected chi connectivity index (χ2v) is 4.67. The molecule has 4 nitrogen and oxygen atoms in total. The highest BCUT2D eigenvalue weighted by atomic mass is 32.1. The van der Waals surface area contributed by atoms with E-state index in [9.17, 15) is 4.79 Å². The van der Waals surface area contributed by atoms with Crippen LogP contribution >= 0.6 is 11.3 Å². The van der Waals surface area contributed by atoms with Gasteiger partial charge in [0.2, 0.25) is 0 Å². The van der Waals surface area contributed by atoms with E-state index in [1.807, 2.05) is 26.1 Å². The Balaban J connectivity index is 2.37. The second kappa shape index (κ2) is 3.58. The molecule has 0 aliphatic carbocycles. The molecule has 0 N–H and O–H groups in total. The standard InChI is InChI=1S/C10H11N3OS/c1-10(2,6-14)13-4-3-8(12-13)9-5-11-7-15-9/h3-7H,1-2H3. The van der Waals surface area contributed by atoms with Gasteiger partial charge in [0.25, 0.3) is 0 Å². The van der Waals surface area contributed by atoms with Crippen molar-refractivity contribution in [3.05, 3.63) is 24.0 Å². The molecule has 0 atom stereocenters. The number of hydrogen-bond donors (Lipinski definition) is 0. The molecule has 0 fully saturated rings. The number of hydrogen-bond acceptors (Lipinski definition) is 4. The number of aromatic nitrogens is 3. The first-order valence-corrected chi connectivity index (χ1v) is 5.43. The maximum absolute atomic E-state index is 10.9. The summed E-state index contributed by atoms with van der Waals surface area (Å²) in [4.78, 5) is 15.9. The first-order valence-electron chi connectivity index (χ1n) is 4.55. The maximum Gasteiger partial charge on any atom is 0.147 e. The van der Waals surface area contributed by atoms with Crippen molar-refractivity contribution in [1.29, 1.82) is 0 Å². The van der Waals surface area contributed by atoms with Crippen LogP contribution in [0.15, 0.2) is 24.0 Å². The summed E-state index contributed by atoms with van der Waals surface area (Å²) in [5.74, 6) is 0. The van der Waals surface area contributed by atoms with E-state index in [4.69, 9.17) is 0 Å². The van der Waals surface area contributed by atoms with Gasteiger partial charge in [-0.1, -0.05) is 0 Å². The maximum atomic E-state index is 10.9. The van der Waals surface area contributed by atoms with Crippen LogP contribution in [0.5, 0.6) is 0 Å². The van der Waals surface area contributed by atoms with E-state index in [1.165, 1.54) is 11.3 Å². The van der Waals surface area contributed by atoms with Gasteiger partial charge in [0.15, 0.2) is 0 Å². The molecule has 5 heteroatoms. The zero-order valence-corrected chi connectivity index (χ0v) is 9.36. The quantitative estimate of drug-likeness (QED) is 0.744. The highest BCUT2D eigenvalue weighted by Crippen LogP contribution is 2.22. The Morgan fingerprint density at radius 1 is 1.53 bits per heavy atom. The molecule has 0 spiro atoms. The van der Waals surface area contributed by atoms with Crippen molar-refractivity contribution in [3.8, 4) is 10.6 Å². The number of rotatable bonds is 3. The summed E-state index contributed by atoms with van der Waals surface area (Å²) in [6, 6.07) is 1.89. The molecule has 2 aromatic heterocycles. The third-order valence-electron chi connectivity index (χ3n) is 2.15. The Morgan fingerprint density at radius 2 is 2.33 bits per heavy atom. The van der Waals surface area contributed by atoms with Gasteiger partial charge in [-0.25, -0.2) is 0 Å². The van der Waals surface area contributed by atoms with Gasteiger partial charge in [-0.2, -0.15) is 5.10 Å². The van der Waals surface area contributed by atoms with Crippen LogP contribution in [0.2, 0.25) is 0 Å². The largest absolute Gasteiger partial charge is 0.301 e. The molecule has 0 unspecified atom stereocenters. The molecule has 2 rings (SSSR count). The van der Waals surface area contributed by atoms with Crippen LogP contribution in [0.3, 0.4) is 0 Å². The lowest BCUT2D eigenvalue weighted by atomic mass is 10.1. The summed E-state index contributed by atoms with van der Waals surface area (Å²) in [5, 5.41) is 4.35. The van der Waals surface area contributed by atoms with Gasteiger partial charge in [-0.3, -0.25) is 9.67 Å². The third kappa shape index (κ3) is 1.83. The SMILES string of the molecule is CC(C)(C=O)n1ccc(-c2cncs2)n1. The van der Waals surface area contributed by atoms with Crippen LogP contribution < -0.4 is 0 Å². The van der Waals surface area contributed by atoms with E-state index in [2.05, 4.69) is 10.1 Å². The molecule has 78 valence electrons. The molecule has 0 aliphatic heterocycles. The minimum atomic E-state index is -0.594. The van der Waals surface area contributed by atoms with E-state index in [0.717, 1.165) is 16.9 Å². The van der Waals surface area contributed by atoms with Crippen molar-refractivity contribution < 1.29 is 4.79 Å². The summed E-state index contributed by atoms with van der Waals surface area (Å²) in [7, 11) is 0. The van der Waals surface area contributed by atoms with Crippen molar-refractivity contribution >= 4 is 17.6 Å². The number of carbonyl (C=O) groups excluding carboxylic acids is 1. The van der Waals surface area contributed by atoms with E-state index in [-0.39, 0.29) is 0 Å². The van der Waals surface area contributed by atoms with Crippen LogP contribution in [-0.2, 0) is 10.3 Å². The summed E-state index contributed by atoms with van der Waals surface area (Å²) in [6.07, 6.45) is 4.46. The summed E-state index contributed by atoms with van der Waals surface area (Å²) in [5.41, 5.74) is 2.02. The van der Waals surface area contributed by atoms with Gasteiger partial charge in [0, 0.05) is 12.4 Å². The van der Waals surface area contributed by atoms with E-state index >= 15 is 0 Å². The summed E-state index contributed by atoms with van der Waals surface area (Å²) < 4.78 is 1.66. The molecule has 2 aromatic rings. The lowest BCUT2D eigenvalue weighted by Gasteiger charge is -2.16. The molecule has 0 aliphatic rings. The van der Waals surface area contributed by atoms with Crippen LogP contribution in [0.4, 0.5) is 0 Å². The van der Waals surface area contributed by atoms with Crippen molar-refractivity contribution in [2.75, 3.05) is 0 Å². The van der Waals surface area contributed by atoms with Crippen molar-refractivity contribution in [1.82, 2.24) is 14.8 Å². The normalized spacial score (nSPS) is 11.6. The predicted molar refractivity (Wildman–Crippen MR) is 58.7 cm³/mol. The smallest absolute Gasteiger partial charge is 0.147 e. The van der Waals surface area contributed by atoms with Crippen LogP contribution in [0.25, 0.3) is 10.6 Å². The van der Waals surface area contributed by atoms with Crippen LogP contribution in [0, 0.1) is 0 Å². The summed E-state index contributed by atoms with van der Waals surface area (Å²) >= 11 is 1.53. The Labute approximate surface area is 91.6 Å². The van der Waals surface area contributed by atoms with Gasteiger partial charge in [-0.05, 0) is 19.9 Å². The third-order valence-corrected chi connectivity index (χ3v) is 2.95. The second-order valence-electron chi connectivity index (χ2n) is 3.78. The molecule has 0 saturated carbocycles.